The Bertz CT molecular complexity index is 212. The highest BCUT2D eigenvalue weighted by Gasteiger charge is 1.58. The second-order valence-corrected chi connectivity index (χ2v) is 2.72. The van der Waals surface area contributed by atoms with E-state index in [-0.39, 0.29) is 0 Å². The fraction of sp³-hybridized carbons (Fsp3) is 0.0667. The van der Waals surface area contributed by atoms with Crippen LogP contribution in [-0.2, 0) is 0 Å². The first-order valence-corrected chi connectivity index (χ1v) is 4.99. The molecule has 0 bridgehead atoms. The molecule has 15 heavy (non-hydrogen) atoms. The topological polar surface area (TPSA) is 0 Å². The highest BCUT2D eigenvalue weighted by Crippen LogP contribution is 1.80. The number of hydrogen-bond donors (Lipinski definition) is 0. The molecule has 78 valence electrons. The Morgan fingerprint density at radius 1 is 0.533 bits per heavy atom. The molecule has 0 unspecified atom stereocenters. The van der Waals surface area contributed by atoms with E-state index in [1.54, 1.807) is 6.08 Å². The Kier molecular flexibility index (Phi) is 10.7. The van der Waals surface area contributed by atoms with Gasteiger partial charge in [-0.2, -0.15) is 0 Å². The van der Waals surface area contributed by atoms with Gasteiger partial charge in [-0.1, -0.05) is 78.9 Å². The molecule has 0 aliphatic rings. The minimum Gasteiger partial charge on any atom is -0.103 e. The van der Waals surface area contributed by atoms with Gasteiger partial charge in [0.05, 0.1) is 0 Å². The quantitative estimate of drug-likeness (QED) is 0.544. The van der Waals surface area contributed by atoms with Gasteiger partial charge in [-0.15, -0.1) is 6.58 Å². The zero-order valence-corrected chi connectivity index (χ0v) is 9.21. The van der Waals surface area contributed by atoms with E-state index in [0.717, 1.165) is 0 Å². The van der Waals surface area contributed by atoms with E-state index in [1.165, 1.54) is 0 Å². The minimum absolute atomic E-state index is 1.75. The highest BCUT2D eigenvalue weighted by atomic mass is 13.7. The van der Waals surface area contributed by atoms with Gasteiger partial charge in [0.1, 0.15) is 0 Å². The summed E-state index contributed by atoms with van der Waals surface area (Å²) < 4.78 is 0. The molecule has 0 fully saturated rings. The lowest BCUT2D eigenvalue weighted by atomic mass is 10.4. The van der Waals surface area contributed by atoms with Crippen LogP contribution in [0.4, 0.5) is 0 Å². The van der Waals surface area contributed by atoms with Crippen LogP contribution in [0.25, 0.3) is 0 Å². The molecule has 2 rings (SSSR count). The largest absolute Gasteiger partial charge is 0.103 e. The van der Waals surface area contributed by atoms with Crippen molar-refractivity contribution in [1.82, 2.24) is 0 Å². The maximum absolute atomic E-state index is 3.36. The van der Waals surface area contributed by atoms with Crippen molar-refractivity contribution in [3.63, 3.8) is 0 Å². The van der Waals surface area contributed by atoms with Crippen molar-refractivity contribution in [3.05, 3.63) is 85.5 Å². The molecule has 2 aromatic rings. The van der Waals surface area contributed by atoms with Crippen molar-refractivity contribution in [2.75, 3.05) is 0 Å². The Morgan fingerprint density at radius 2 is 0.600 bits per heavy atom. The Labute approximate surface area is 92.9 Å². The van der Waals surface area contributed by atoms with Crippen LogP contribution in [0.5, 0.6) is 0 Å². The van der Waals surface area contributed by atoms with Crippen LogP contribution in [0, 0.1) is 0 Å². The van der Waals surface area contributed by atoms with Gasteiger partial charge in [0, 0.05) is 0 Å². The summed E-state index contributed by atoms with van der Waals surface area (Å²) in [6, 6.07) is 24.0. The van der Waals surface area contributed by atoms with Crippen LogP contribution >= 0.6 is 0 Å². The highest BCUT2D eigenvalue weighted by molar-refractivity contribution is 4.99. The predicted molar refractivity (Wildman–Crippen MR) is 68.8 cm³/mol. The Hall–Kier alpha value is -1.82. The molecular formula is C15H18. The molecule has 0 amide bonds. The summed E-state index contributed by atoms with van der Waals surface area (Å²) in [5, 5.41) is 0. The zero-order valence-electron chi connectivity index (χ0n) is 9.21. The molecule has 0 spiro atoms. The Balaban J connectivity index is 0.000000210. The summed E-state index contributed by atoms with van der Waals surface area (Å²) in [6.07, 6.45) is 1.75. The van der Waals surface area contributed by atoms with E-state index in [9.17, 15) is 0 Å². The molecule has 0 N–H and O–H groups in total. The standard InChI is InChI=1S/2C6H6.C3H6/c2*1-2-4-6-5-3-1;1-3-2/h2*1-6H;3H,1H2,2H3. The molecule has 0 saturated heterocycles. The van der Waals surface area contributed by atoms with Crippen LogP contribution in [0.1, 0.15) is 6.92 Å². The molecule has 0 radical (unpaired) electrons. The SMILES string of the molecule is C=CC.c1ccccc1.c1ccccc1. The van der Waals surface area contributed by atoms with Crippen molar-refractivity contribution in [3.8, 4) is 0 Å². The van der Waals surface area contributed by atoms with E-state index in [2.05, 4.69) is 6.58 Å². The van der Waals surface area contributed by atoms with Gasteiger partial charge < -0.3 is 0 Å². The summed E-state index contributed by atoms with van der Waals surface area (Å²) in [7, 11) is 0. The van der Waals surface area contributed by atoms with Crippen LogP contribution in [0.3, 0.4) is 0 Å². The van der Waals surface area contributed by atoms with Gasteiger partial charge in [-0.05, 0) is 6.92 Å². The van der Waals surface area contributed by atoms with Gasteiger partial charge >= 0.3 is 0 Å². The van der Waals surface area contributed by atoms with Gasteiger partial charge in [-0.3, -0.25) is 0 Å². The lowest BCUT2D eigenvalue weighted by Gasteiger charge is -1.69. The van der Waals surface area contributed by atoms with Crippen molar-refractivity contribution >= 4 is 0 Å². The van der Waals surface area contributed by atoms with Gasteiger partial charge in [-0.25, -0.2) is 0 Å². The second kappa shape index (κ2) is 12.2. The number of rotatable bonds is 0. The molecule has 0 heterocycles. The maximum atomic E-state index is 3.36. The first kappa shape index (κ1) is 13.2. The fourth-order valence-electron chi connectivity index (χ4n) is 0.770. The van der Waals surface area contributed by atoms with Gasteiger partial charge in [0.15, 0.2) is 0 Å². The lowest BCUT2D eigenvalue weighted by Crippen LogP contribution is -1.47. The molecule has 2 aromatic carbocycles. The fourth-order valence-corrected chi connectivity index (χ4v) is 0.770. The second-order valence-electron chi connectivity index (χ2n) is 2.72. The molecule has 0 aliphatic carbocycles. The summed E-state index contributed by atoms with van der Waals surface area (Å²) in [5.74, 6) is 0. The van der Waals surface area contributed by atoms with Crippen LogP contribution in [0.2, 0.25) is 0 Å². The van der Waals surface area contributed by atoms with E-state index in [4.69, 9.17) is 0 Å². The molecule has 0 saturated carbocycles. The first-order chi connectivity index (χ1) is 7.41. The van der Waals surface area contributed by atoms with Crippen molar-refractivity contribution < 1.29 is 0 Å². The van der Waals surface area contributed by atoms with Gasteiger partial charge in [0.2, 0.25) is 0 Å². The monoisotopic (exact) mass is 198 g/mol. The summed E-state index contributed by atoms with van der Waals surface area (Å²) in [6.45, 7) is 5.25. The molecule has 0 nitrogen and oxygen atoms in total. The Morgan fingerprint density at radius 3 is 0.667 bits per heavy atom. The summed E-state index contributed by atoms with van der Waals surface area (Å²) >= 11 is 0. The number of hydrogen-bond acceptors (Lipinski definition) is 0. The first-order valence-electron chi connectivity index (χ1n) is 4.99. The van der Waals surface area contributed by atoms with Crippen molar-refractivity contribution in [2.24, 2.45) is 0 Å². The molecule has 0 heteroatoms. The predicted octanol–water partition coefficient (Wildman–Crippen LogP) is 4.57. The molecule has 0 aromatic heterocycles. The third-order valence-electron chi connectivity index (χ3n) is 1.33. The van der Waals surface area contributed by atoms with Crippen LogP contribution in [-0.4, -0.2) is 0 Å². The summed E-state index contributed by atoms with van der Waals surface area (Å²) in [5.41, 5.74) is 0. The molecule has 0 aliphatic heterocycles. The van der Waals surface area contributed by atoms with Gasteiger partial charge in [0.25, 0.3) is 0 Å². The normalized spacial score (nSPS) is 7.27. The van der Waals surface area contributed by atoms with E-state index < -0.39 is 0 Å². The molecular weight excluding hydrogens is 180 g/mol. The third-order valence-corrected chi connectivity index (χ3v) is 1.33. The smallest absolute Gasteiger partial charge is 0.0473 e. The van der Waals surface area contributed by atoms with E-state index >= 15 is 0 Å². The lowest BCUT2D eigenvalue weighted by molar-refractivity contribution is 1.72. The zero-order chi connectivity index (χ0) is 11.2. The van der Waals surface area contributed by atoms with Crippen molar-refractivity contribution in [1.29, 1.82) is 0 Å². The van der Waals surface area contributed by atoms with E-state index in [1.807, 2.05) is 79.7 Å². The maximum Gasteiger partial charge on any atom is -0.0473 e. The van der Waals surface area contributed by atoms with Crippen LogP contribution in [0.15, 0.2) is 85.5 Å². The van der Waals surface area contributed by atoms with Crippen molar-refractivity contribution in [2.45, 2.75) is 6.92 Å². The van der Waals surface area contributed by atoms with E-state index in [0.29, 0.717) is 0 Å². The third kappa shape index (κ3) is 12.2. The average Bonchev–Trinajstić information content (AvgIpc) is 2.35. The number of benzene rings is 2. The average molecular weight is 198 g/mol. The number of allylic oxidation sites excluding steroid dienone is 1. The minimum atomic E-state index is 1.75. The summed E-state index contributed by atoms with van der Waals surface area (Å²) in [4.78, 5) is 0. The van der Waals surface area contributed by atoms with Crippen LogP contribution < -0.4 is 0 Å². The molecule has 0 atom stereocenters.